The van der Waals surface area contributed by atoms with Crippen molar-refractivity contribution in [3.05, 3.63) is 16.1 Å². The van der Waals surface area contributed by atoms with E-state index >= 15 is 0 Å². The molecule has 0 bridgehead atoms. The van der Waals surface area contributed by atoms with E-state index in [1.54, 1.807) is 11.3 Å². The van der Waals surface area contributed by atoms with Crippen LogP contribution in [0.15, 0.2) is 5.38 Å². The molecule has 0 aromatic carbocycles. The maximum atomic E-state index is 12.1. The Bertz CT molecular complexity index is 501. The quantitative estimate of drug-likeness (QED) is 0.844. The van der Waals surface area contributed by atoms with Crippen LogP contribution in [0.5, 0.6) is 0 Å². The molecule has 132 valence electrons. The van der Waals surface area contributed by atoms with Gasteiger partial charge in [-0.2, -0.15) is 0 Å². The molecule has 0 radical (unpaired) electrons. The van der Waals surface area contributed by atoms with Gasteiger partial charge in [0.1, 0.15) is 0 Å². The molecule has 1 fully saturated rings. The highest BCUT2D eigenvalue weighted by molar-refractivity contribution is 7.09. The lowest BCUT2D eigenvalue weighted by molar-refractivity contribution is -0.126. The number of amides is 1. The molecule has 5 nitrogen and oxygen atoms in total. The van der Waals surface area contributed by atoms with Gasteiger partial charge in [-0.05, 0) is 19.4 Å². The molecule has 2 rings (SSSR count). The van der Waals surface area contributed by atoms with E-state index in [2.05, 4.69) is 36.4 Å². The Balaban J connectivity index is 0.00000264. The summed E-state index contributed by atoms with van der Waals surface area (Å²) in [7, 11) is 0. The average Bonchev–Trinajstić information content (AvgIpc) is 2.93. The van der Waals surface area contributed by atoms with Crippen molar-refractivity contribution in [3.8, 4) is 0 Å². The van der Waals surface area contributed by atoms with Crippen molar-refractivity contribution in [1.29, 1.82) is 0 Å². The van der Waals surface area contributed by atoms with Crippen LogP contribution in [0.3, 0.4) is 0 Å². The smallest absolute Gasteiger partial charge is 0.224 e. The van der Waals surface area contributed by atoms with E-state index in [0.717, 1.165) is 38.2 Å². The number of halogens is 1. The molecule has 1 atom stereocenters. The largest absolute Gasteiger partial charge is 0.355 e. The van der Waals surface area contributed by atoms with Crippen LogP contribution in [0, 0.1) is 5.92 Å². The molecule has 1 unspecified atom stereocenters. The summed E-state index contributed by atoms with van der Waals surface area (Å²) in [4.78, 5) is 19.2. The van der Waals surface area contributed by atoms with E-state index in [1.807, 2.05) is 0 Å². The number of carbonyl (C=O) groups excluding carboxylic acids is 1. The fourth-order valence-electron chi connectivity index (χ4n) is 2.71. The first-order valence-corrected chi connectivity index (χ1v) is 8.93. The molecule has 3 N–H and O–H groups in total. The fourth-order valence-corrected chi connectivity index (χ4v) is 3.60. The number of aromatic nitrogens is 1. The Morgan fingerprint density at radius 1 is 1.52 bits per heavy atom. The van der Waals surface area contributed by atoms with E-state index in [-0.39, 0.29) is 29.6 Å². The second-order valence-corrected chi connectivity index (χ2v) is 7.91. The van der Waals surface area contributed by atoms with Crippen molar-refractivity contribution in [1.82, 2.24) is 15.2 Å². The third kappa shape index (κ3) is 6.03. The molecule has 23 heavy (non-hydrogen) atoms. The van der Waals surface area contributed by atoms with Gasteiger partial charge in [0.15, 0.2) is 0 Å². The van der Waals surface area contributed by atoms with E-state index in [0.29, 0.717) is 13.1 Å². The standard InChI is InChI=1S/C16H28N4OS.ClH/c1-16(2,3)15-19-13(11-22-15)10-20-8-4-5-12(9-20)14(21)18-7-6-17;/h11-12H,4-10,17H2,1-3H3,(H,18,21);1H. The van der Waals surface area contributed by atoms with Gasteiger partial charge >= 0.3 is 0 Å². The normalized spacial score (nSPS) is 19.2. The fraction of sp³-hybridized carbons (Fsp3) is 0.750. The Labute approximate surface area is 149 Å². The molecule has 0 spiro atoms. The van der Waals surface area contributed by atoms with Crippen molar-refractivity contribution in [2.24, 2.45) is 11.7 Å². The van der Waals surface area contributed by atoms with Crippen molar-refractivity contribution >= 4 is 29.7 Å². The first-order valence-electron chi connectivity index (χ1n) is 8.05. The molecule has 0 aliphatic carbocycles. The van der Waals surface area contributed by atoms with Gasteiger partial charge in [-0.1, -0.05) is 20.8 Å². The zero-order valence-corrected chi connectivity index (χ0v) is 15.9. The minimum absolute atomic E-state index is 0. The zero-order valence-electron chi connectivity index (χ0n) is 14.3. The minimum atomic E-state index is 0. The monoisotopic (exact) mass is 360 g/mol. The van der Waals surface area contributed by atoms with Crippen LogP contribution in [0.2, 0.25) is 0 Å². The number of piperidine rings is 1. The van der Waals surface area contributed by atoms with Crippen molar-refractivity contribution in [2.45, 2.75) is 45.6 Å². The van der Waals surface area contributed by atoms with Gasteiger partial charge in [0.05, 0.1) is 16.6 Å². The Hall–Kier alpha value is -0.690. The number of thiazole rings is 1. The molecular weight excluding hydrogens is 332 g/mol. The van der Waals surface area contributed by atoms with E-state index in [9.17, 15) is 4.79 Å². The Kier molecular flexibility index (Phi) is 7.94. The second kappa shape index (κ2) is 8.97. The SMILES string of the molecule is CC(C)(C)c1nc(CN2CCCC(C(=O)NCCN)C2)cs1.Cl. The minimum Gasteiger partial charge on any atom is -0.355 e. The van der Waals surface area contributed by atoms with Gasteiger partial charge in [-0.3, -0.25) is 9.69 Å². The van der Waals surface area contributed by atoms with Gasteiger partial charge in [0.2, 0.25) is 5.91 Å². The van der Waals surface area contributed by atoms with Gasteiger partial charge in [-0.25, -0.2) is 4.98 Å². The van der Waals surface area contributed by atoms with Crippen molar-refractivity contribution < 1.29 is 4.79 Å². The van der Waals surface area contributed by atoms with Gasteiger partial charge in [0.25, 0.3) is 0 Å². The molecule has 1 aliphatic rings. The van der Waals surface area contributed by atoms with Crippen molar-refractivity contribution in [3.63, 3.8) is 0 Å². The van der Waals surface area contributed by atoms with Gasteiger partial charge in [0, 0.05) is 37.0 Å². The molecule has 1 saturated heterocycles. The predicted molar refractivity (Wildman–Crippen MR) is 98.1 cm³/mol. The summed E-state index contributed by atoms with van der Waals surface area (Å²) in [6, 6.07) is 0. The van der Waals surface area contributed by atoms with Crippen LogP contribution in [0.25, 0.3) is 0 Å². The number of rotatable bonds is 5. The van der Waals surface area contributed by atoms with E-state index < -0.39 is 0 Å². The molecule has 0 saturated carbocycles. The van der Waals surface area contributed by atoms with Crippen LogP contribution >= 0.6 is 23.7 Å². The first kappa shape index (κ1) is 20.4. The maximum absolute atomic E-state index is 12.1. The highest BCUT2D eigenvalue weighted by atomic mass is 35.5. The highest BCUT2D eigenvalue weighted by Crippen LogP contribution is 2.26. The van der Waals surface area contributed by atoms with Gasteiger partial charge < -0.3 is 11.1 Å². The molecule has 1 amide bonds. The third-order valence-electron chi connectivity index (χ3n) is 3.90. The van der Waals surface area contributed by atoms with Crippen LogP contribution in [-0.4, -0.2) is 42.0 Å². The summed E-state index contributed by atoms with van der Waals surface area (Å²) in [6.07, 6.45) is 2.04. The van der Waals surface area contributed by atoms with E-state index in [4.69, 9.17) is 10.7 Å². The summed E-state index contributed by atoms with van der Waals surface area (Å²) < 4.78 is 0. The van der Waals surface area contributed by atoms with Crippen molar-refractivity contribution in [2.75, 3.05) is 26.2 Å². The molecular formula is C16H29ClN4OS. The van der Waals surface area contributed by atoms with Crippen LogP contribution in [0.1, 0.15) is 44.3 Å². The number of hydrogen-bond donors (Lipinski definition) is 2. The zero-order chi connectivity index (χ0) is 16.2. The number of nitrogens with one attached hydrogen (secondary N) is 1. The molecule has 2 heterocycles. The lowest BCUT2D eigenvalue weighted by Gasteiger charge is -2.31. The molecule has 1 aliphatic heterocycles. The number of carbonyl (C=O) groups is 1. The number of nitrogens with two attached hydrogens (primary N) is 1. The number of hydrogen-bond acceptors (Lipinski definition) is 5. The maximum Gasteiger partial charge on any atom is 0.224 e. The second-order valence-electron chi connectivity index (χ2n) is 7.05. The summed E-state index contributed by atoms with van der Waals surface area (Å²) in [6.45, 7) is 10.3. The highest BCUT2D eigenvalue weighted by Gasteiger charge is 2.26. The Morgan fingerprint density at radius 2 is 2.26 bits per heavy atom. The molecule has 7 heteroatoms. The third-order valence-corrected chi connectivity index (χ3v) is 5.22. The lowest BCUT2D eigenvalue weighted by atomic mass is 9.97. The topological polar surface area (TPSA) is 71.2 Å². The van der Waals surface area contributed by atoms with Crippen LogP contribution in [-0.2, 0) is 16.8 Å². The molecule has 1 aromatic heterocycles. The summed E-state index contributed by atoms with van der Waals surface area (Å²) in [5.74, 6) is 0.227. The van der Waals surface area contributed by atoms with E-state index in [1.165, 1.54) is 5.01 Å². The lowest BCUT2D eigenvalue weighted by Crippen LogP contribution is -2.43. The molecule has 1 aromatic rings. The van der Waals surface area contributed by atoms with Gasteiger partial charge in [-0.15, -0.1) is 23.7 Å². The average molecular weight is 361 g/mol. The number of nitrogens with zero attached hydrogens (tertiary/aromatic N) is 2. The van der Waals surface area contributed by atoms with Crippen LogP contribution in [0.4, 0.5) is 0 Å². The number of likely N-dealkylation sites (tertiary alicyclic amines) is 1. The summed E-state index contributed by atoms with van der Waals surface area (Å²) in [5.41, 5.74) is 6.67. The predicted octanol–water partition coefficient (Wildman–Crippen LogP) is 2.15. The summed E-state index contributed by atoms with van der Waals surface area (Å²) >= 11 is 1.73. The summed E-state index contributed by atoms with van der Waals surface area (Å²) in [5, 5.41) is 6.24. The first-order chi connectivity index (χ1) is 10.4. The Morgan fingerprint density at radius 3 is 2.87 bits per heavy atom. The van der Waals surface area contributed by atoms with Crippen LogP contribution < -0.4 is 11.1 Å².